The molecule has 1 unspecified atom stereocenters. The predicted molar refractivity (Wildman–Crippen MR) is 51.4 cm³/mol. The Labute approximate surface area is 86.4 Å². The van der Waals surface area contributed by atoms with Crippen molar-refractivity contribution in [2.45, 2.75) is 5.38 Å². The van der Waals surface area contributed by atoms with Crippen molar-refractivity contribution in [3.05, 3.63) is 24.0 Å². The van der Waals surface area contributed by atoms with Gasteiger partial charge in [0.15, 0.2) is 11.2 Å². The third-order valence-electron chi connectivity index (χ3n) is 1.75. The van der Waals surface area contributed by atoms with Gasteiger partial charge in [0.2, 0.25) is 0 Å². The minimum atomic E-state index is -1.26. The van der Waals surface area contributed by atoms with Crippen LogP contribution in [0.3, 0.4) is 0 Å². The summed E-state index contributed by atoms with van der Waals surface area (Å²) in [5, 5.41) is -1.26. The first kappa shape index (κ1) is 10.8. The molecule has 0 bridgehead atoms. The first-order valence-electron chi connectivity index (χ1n) is 3.94. The van der Waals surface area contributed by atoms with Gasteiger partial charge in [-0.25, -0.2) is 4.79 Å². The van der Waals surface area contributed by atoms with Gasteiger partial charge in [-0.3, -0.25) is 4.79 Å². The third kappa shape index (κ3) is 2.14. The lowest BCUT2D eigenvalue weighted by Crippen LogP contribution is -2.25. The van der Waals surface area contributed by atoms with Crippen molar-refractivity contribution in [1.82, 2.24) is 4.57 Å². The second kappa shape index (κ2) is 4.28. The molecule has 1 aromatic heterocycles. The van der Waals surface area contributed by atoms with Crippen LogP contribution in [0.2, 0.25) is 0 Å². The molecule has 0 aliphatic heterocycles. The summed E-state index contributed by atoms with van der Waals surface area (Å²) in [5.41, 5.74) is 0.401. The maximum Gasteiger partial charge on any atom is 0.331 e. The molecule has 0 amide bonds. The van der Waals surface area contributed by atoms with E-state index in [1.54, 1.807) is 30.1 Å². The fraction of sp³-hybridized carbons (Fsp3) is 0.333. The van der Waals surface area contributed by atoms with Crippen LogP contribution in [0.1, 0.15) is 10.4 Å². The van der Waals surface area contributed by atoms with Crippen molar-refractivity contribution < 1.29 is 14.3 Å². The Morgan fingerprint density at radius 3 is 2.64 bits per heavy atom. The van der Waals surface area contributed by atoms with Crippen molar-refractivity contribution in [2.24, 2.45) is 7.05 Å². The maximum absolute atomic E-state index is 11.5. The number of hydrogen-bond donors (Lipinski definition) is 0. The van der Waals surface area contributed by atoms with Gasteiger partial charge < -0.3 is 9.30 Å². The standard InChI is InChI=1S/C9H10ClNO3/c1-11-4-3-6(5-11)8(12)7(10)9(13)14-2/h3-5,7H,1-2H3. The number of aromatic nitrogens is 1. The van der Waals surface area contributed by atoms with Crippen LogP contribution in [0.5, 0.6) is 0 Å². The summed E-state index contributed by atoms with van der Waals surface area (Å²) in [7, 11) is 2.97. The smallest absolute Gasteiger partial charge is 0.331 e. The van der Waals surface area contributed by atoms with Crippen molar-refractivity contribution in [3.63, 3.8) is 0 Å². The summed E-state index contributed by atoms with van der Waals surface area (Å²) in [5.74, 6) is -1.18. The van der Waals surface area contributed by atoms with E-state index < -0.39 is 17.1 Å². The number of ketones is 1. The molecule has 0 aliphatic rings. The van der Waals surface area contributed by atoms with E-state index in [2.05, 4.69) is 4.74 Å². The first-order valence-corrected chi connectivity index (χ1v) is 4.38. The SMILES string of the molecule is COC(=O)C(Cl)C(=O)c1ccn(C)c1. The molecule has 0 radical (unpaired) electrons. The normalized spacial score (nSPS) is 12.2. The Bertz CT molecular complexity index is 359. The number of hydrogen-bond acceptors (Lipinski definition) is 3. The average molecular weight is 216 g/mol. The van der Waals surface area contributed by atoms with Gasteiger partial charge in [-0.15, -0.1) is 11.6 Å². The minimum Gasteiger partial charge on any atom is -0.468 e. The Hall–Kier alpha value is -1.29. The van der Waals surface area contributed by atoms with E-state index in [1.165, 1.54) is 7.11 Å². The highest BCUT2D eigenvalue weighted by Crippen LogP contribution is 2.10. The highest BCUT2D eigenvalue weighted by Gasteiger charge is 2.26. The molecule has 5 heteroatoms. The lowest BCUT2D eigenvalue weighted by molar-refractivity contribution is -0.139. The molecule has 4 nitrogen and oxygen atoms in total. The van der Waals surface area contributed by atoms with Crippen molar-refractivity contribution >= 4 is 23.4 Å². The number of carbonyl (C=O) groups excluding carboxylic acids is 2. The predicted octanol–water partition coefficient (Wildman–Crippen LogP) is 0.988. The fourth-order valence-corrected chi connectivity index (χ4v) is 1.22. The summed E-state index contributed by atoms with van der Waals surface area (Å²) in [6.45, 7) is 0. The molecule has 1 atom stereocenters. The maximum atomic E-state index is 11.5. The third-order valence-corrected chi connectivity index (χ3v) is 2.13. The molecule has 76 valence electrons. The van der Waals surface area contributed by atoms with Crippen molar-refractivity contribution in [3.8, 4) is 0 Å². The van der Waals surface area contributed by atoms with E-state index in [1.807, 2.05) is 0 Å². The number of ether oxygens (including phenoxy) is 1. The molecule has 1 aromatic rings. The minimum absolute atomic E-state index is 0.401. The zero-order chi connectivity index (χ0) is 10.7. The quantitative estimate of drug-likeness (QED) is 0.327. The Morgan fingerprint density at radius 1 is 1.57 bits per heavy atom. The van der Waals surface area contributed by atoms with Crippen LogP contribution in [-0.4, -0.2) is 28.8 Å². The number of aryl methyl sites for hydroxylation is 1. The van der Waals surface area contributed by atoms with Gasteiger partial charge in [0.25, 0.3) is 0 Å². The van der Waals surface area contributed by atoms with E-state index in [0.717, 1.165) is 0 Å². The fourth-order valence-electron chi connectivity index (χ4n) is 1.01. The molecule has 0 saturated heterocycles. The van der Waals surface area contributed by atoms with Gasteiger partial charge in [0.05, 0.1) is 7.11 Å². The average Bonchev–Trinajstić information content (AvgIpc) is 2.61. The second-order valence-electron chi connectivity index (χ2n) is 2.82. The van der Waals surface area contributed by atoms with Gasteiger partial charge in [-0.05, 0) is 6.07 Å². The molecule has 1 rings (SSSR count). The molecule has 0 aliphatic carbocycles. The molecular weight excluding hydrogens is 206 g/mol. The van der Waals surface area contributed by atoms with Crippen molar-refractivity contribution in [2.75, 3.05) is 7.11 Å². The highest BCUT2D eigenvalue weighted by molar-refractivity contribution is 6.43. The number of nitrogens with zero attached hydrogens (tertiary/aromatic N) is 1. The van der Waals surface area contributed by atoms with Crippen LogP contribution < -0.4 is 0 Å². The molecule has 0 saturated carbocycles. The topological polar surface area (TPSA) is 48.3 Å². The monoisotopic (exact) mass is 215 g/mol. The molecule has 0 fully saturated rings. The van der Waals surface area contributed by atoms with Crippen molar-refractivity contribution in [1.29, 1.82) is 0 Å². The number of esters is 1. The first-order chi connectivity index (χ1) is 6.56. The molecule has 0 spiro atoms. The van der Waals surface area contributed by atoms with Gasteiger partial charge in [-0.1, -0.05) is 0 Å². The van der Waals surface area contributed by atoms with Gasteiger partial charge in [-0.2, -0.15) is 0 Å². The number of halogens is 1. The van der Waals surface area contributed by atoms with Crippen LogP contribution in [0, 0.1) is 0 Å². The lowest BCUT2D eigenvalue weighted by atomic mass is 10.1. The molecule has 14 heavy (non-hydrogen) atoms. The van der Waals surface area contributed by atoms with E-state index >= 15 is 0 Å². The van der Waals surface area contributed by atoms with Crippen LogP contribution in [0.4, 0.5) is 0 Å². The van der Waals surface area contributed by atoms with Gasteiger partial charge in [0, 0.05) is 25.0 Å². The van der Waals surface area contributed by atoms with Crippen LogP contribution in [-0.2, 0) is 16.6 Å². The Morgan fingerprint density at radius 2 is 2.21 bits per heavy atom. The second-order valence-corrected chi connectivity index (χ2v) is 3.25. The van der Waals surface area contributed by atoms with E-state index in [0.29, 0.717) is 5.56 Å². The molecule has 0 N–H and O–H groups in total. The largest absolute Gasteiger partial charge is 0.468 e. The summed E-state index contributed by atoms with van der Waals surface area (Å²) in [6.07, 6.45) is 3.30. The number of rotatable bonds is 3. The Balaban J connectivity index is 2.80. The van der Waals surface area contributed by atoms with Crippen LogP contribution in [0.25, 0.3) is 0 Å². The Kier molecular flexibility index (Phi) is 3.30. The molecule has 0 aromatic carbocycles. The summed E-state index contributed by atoms with van der Waals surface area (Å²) in [4.78, 5) is 22.5. The zero-order valence-corrected chi connectivity index (χ0v) is 8.62. The van der Waals surface area contributed by atoms with Gasteiger partial charge in [0.1, 0.15) is 0 Å². The molecule has 1 heterocycles. The van der Waals surface area contributed by atoms with Crippen LogP contribution >= 0.6 is 11.6 Å². The van der Waals surface area contributed by atoms with E-state index in [-0.39, 0.29) is 0 Å². The van der Waals surface area contributed by atoms with E-state index in [9.17, 15) is 9.59 Å². The number of alkyl halides is 1. The highest BCUT2D eigenvalue weighted by atomic mass is 35.5. The zero-order valence-electron chi connectivity index (χ0n) is 7.86. The number of carbonyl (C=O) groups is 2. The number of methoxy groups -OCH3 is 1. The number of Topliss-reactive ketones (excluding diaryl/α,β-unsaturated/α-hetero) is 1. The summed E-state index contributed by atoms with van der Waals surface area (Å²) in [6, 6.07) is 1.60. The summed E-state index contributed by atoms with van der Waals surface area (Å²) < 4.78 is 6.07. The summed E-state index contributed by atoms with van der Waals surface area (Å²) >= 11 is 5.59. The van der Waals surface area contributed by atoms with E-state index in [4.69, 9.17) is 11.6 Å². The van der Waals surface area contributed by atoms with Gasteiger partial charge >= 0.3 is 5.97 Å². The molecular formula is C9H10ClNO3. The van der Waals surface area contributed by atoms with Crippen LogP contribution in [0.15, 0.2) is 18.5 Å². The lowest BCUT2D eigenvalue weighted by Gasteiger charge is -2.03.